The number of hydrogen-bond donors (Lipinski definition) is 2. The van der Waals surface area contributed by atoms with Gasteiger partial charge in [-0.2, -0.15) is 0 Å². The maximum Gasteiger partial charge on any atom is 0.237 e. The molecule has 0 spiro atoms. The van der Waals surface area contributed by atoms with E-state index in [4.69, 9.17) is 0 Å². The van der Waals surface area contributed by atoms with Crippen LogP contribution in [0.4, 0.5) is 0 Å². The molecule has 0 aromatic carbocycles. The molecule has 3 rings (SSSR count). The Bertz CT molecular complexity index is 298. The first-order valence-electron chi connectivity index (χ1n) is 7.81. The lowest BCUT2D eigenvalue weighted by Crippen LogP contribution is -2.52. The summed E-state index contributed by atoms with van der Waals surface area (Å²) in [5, 5.41) is 6.75. The van der Waals surface area contributed by atoms with Crippen LogP contribution in [0.25, 0.3) is 0 Å². The molecule has 102 valence electrons. The largest absolute Gasteiger partial charge is 0.351 e. The fourth-order valence-electron chi connectivity index (χ4n) is 3.36. The monoisotopic (exact) mass is 250 g/mol. The molecule has 0 radical (unpaired) electrons. The highest BCUT2D eigenvalue weighted by Crippen LogP contribution is 2.44. The summed E-state index contributed by atoms with van der Waals surface area (Å²) in [6, 6.07) is 0.574. The van der Waals surface area contributed by atoms with E-state index in [2.05, 4.69) is 17.6 Å². The van der Waals surface area contributed by atoms with E-state index in [0.717, 1.165) is 30.7 Å². The second-order valence-corrected chi connectivity index (χ2v) is 6.51. The molecule has 2 unspecified atom stereocenters. The van der Waals surface area contributed by atoms with Crippen LogP contribution < -0.4 is 10.6 Å². The predicted molar refractivity (Wildman–Crippen MR) is 72.2 cm³/mol. The van der Waals surface area contributed by atoms with E-state index in [0.29, 0.717) is 6.04 Å². The van der Waals surface area contributed by atoms with Crippen LogP contribution in [-0.4, -0.2) is 24.5 Å². The average molecular weight is 250 g/mol. The Morgan fingerprint density at radius 1 is 1.22 bits per heavy atom. The van der Waals surface area contributed by atoms with Crippen molar-refractivity contribution in [2.75, 3.05) is 6.54 Å². The van der Waals surface area contributed by atoms with Gasteiger partial charge >= 0.3 is 0 Å². The lowest BCUT2D eigenvalue weighted by Gasteiger charge is -2.30. The third-order valence-corrected chi connectivity index (χ3v) is 4.97. The van der Waals surface area contributed by atoms with Crippen LogP contribution in [0.15, 0.2) is 0 Å². The van der Waals surface area contributed by atoms with Crippen molar-refractivity contribution in [1.29, 1.82) is 0 Å². The number of piperidine rings is 1. The summed E-state index contributed by atoms with van der Waals surface area (Å²) in [7, 11) is 0. The van der Waals surface area contributed by atoms with E-state index in [1.807, 2.05) is 0 Å². The Morgan fingerprint density at radius 2 is 1.89 bits per heavy atom. The zero-order chi connectivity index (χ0) is 12.5. The van der Waals surface area contributed by atoms with Crippen LogP contribution in [0.2, 0.25) is 0 Å². The fraction of sp³-hybridized carbons (Fsp3) is 0.933. The summed E-state index contributed by atoms with van der Waals surface area (Å²) >= 11 is 0. The molecule has 2 saturated carbocycles. The quantitative estimate of drug-likeness (QED) is 0.784. The topological polar surface area (TPSA) is 41.1 Å². The summed E-state index contributed by atoms with van der Waals surface area (Å²) in [6.07, 6.45) is 8.79. The molecule has 2 N–H and O–H groups in total. The van der Waals surface area contributed by atoms with E-state index >= 15 is 0 Å². The van der Waals surface area contributed by atoms with Crippen molar-refractivity contribution in [2.24, 2.45) is 17.8 Å². The normalized spacial score (nSPS) is 32.6. The Labute approximate surface area is 110 Å². The molecule has 0 aromatic heterocycles. The zero-order valence-corrected chi connectivity index (χ0v) is 11.5. The van der Waals surface area contributed by atoms with Gasteiger partial charge in [-0.25, -0.2) is 0 Å². The molecule has 2 atom stereocenters. The molecule has 2 aliphatic carbocycles. The van der Waals surface area contributed by atoms with Crippen molar-refractivity contribution >= 4 is 5.91 Å². The molecule has 1 aliphatic heterocycles. The van der Waals surface area contributed by atoms with Gasteiger partial charge in [0.15, 0.2) is 0 Å². The van der Waals surface area contributed by atoms with Crippen LogP contribution in [0, 0.1) is 17.8 Å². The average Bonchev–Trinajstić information content (AvgIpc) is 3.29. The van der Waals surface area contributed by atoms with Crippen LogP contribution in [0.1, 0.15) is 51.9 Å². The van der Waals surface area contributed by atoms with E-state index in [1.54, 1.807) is 0 Å². The Kier molecular flexibility index (Phi) is 3.60. The molecule has 18 heavy (non-hydrogen) atoms. The molecule has 1 saturated heterocycles. The number of nitrogens with one attached hydrogen (secondary N) is 2. The van der Waals surface area contributed by atoms with Crippen LogP contribution in [-0.2, 0) is 4.79 Å². The zero-order valence-electron chi connectivity index (χ0n) is 11.5. The van der Waals surface area contributed by atoms with Gasteiger partial charge in [-0.1, -0.05) is 13.3 Å². The number of hydrogen-bond acceptors (Lipinski definition) is 2. The van der Waals surface area contributed by atoms with Gasteiger partial charge in [0.2, 0.25) is 5.91 Å². The first-order valence-corrected chi connectivity index (χ1v) is 7.81. The number of amides is 1. The van der Waals surface area contributed by atoms with Gasteiger partial charge in [0.25, 0.3) is 0 Å². The van der Waals surface area contributed by atoms with Crippen molar-refractivity contribution in [3.63, 3.8) is 0 Å². The van der Waals surface area contributed by atoms with Gasteiger partial charge in [-0.05, 0) is 62.8 Å². The molecule has 3 nitrogen and oxygen atoms in total. The minimum atomic E-state index is 0.0729. The molecule has 3 fully saturated rings. The molecule has 0 aromatic rings. The smallest absolute Gasteiger partial charge is 0.237 e. The van der Waals surface area contributed by atoms with Gasteiger partial charge in [0.05, 0.1) is 6.04 Å². The highest BCUT2D eigenvalue weighted by Gasteiger charge is 2.43. The molecule has 0 bridgehead atoms. The maximum atomic E-state index is 12.4. The standard InChI is InChI=1S/C15H26N2O/c1-2-10-7-8-16-13(9-10)15(18)17-14(11-3-4-11)12-5-6-12/h10-14,16H,2-9H2,1H3,(H,17,18). The van der Waals surface area contributed by atoms with Crippen molar-refractivity contribution in [3.05, 3.63) is 0 Å². The first kappa shape index (κ1) is 12.5. The SMILES string of the molecule is CCC1CCNC(C(=O)NC(C2CC2)C2CC2)C1. The fourth-order valence-corrected chi connectivity index (χ4v) is 3.36. The number of carbonyl (C=O) groups excluding carboxylic acids is 1. The van der Waals surface area contributed by atoms with E-state index in [-0.39, 0.29) is 11.9 Å². The number of rotatable bonds is 5. The molecule has 3 heteroatoms. The maximum absolute atomic E-state index is 12.4. The van der Waals surface area contributed by atoms with Gasteiger partial charge in [-0.15, -0.1) is 0 Å². The van der Waals surface area contributed by atoms with Crippen molar-refractivity contribution in [3.8, 4) is 0 Å². The van der Waals surface area contributed by atoms with Gasteiger partial charge in [0, 0.05) is 6.04 Å². The molecule has 1 amide bonds. The van der Waals surface area contributed by atoms with E-state index in [9.17, 15) is 4.79 Å². The van der Waals surface area contributed by atoms with Crippen LogP contribution in [0.5, 0.6) is 0 Å². The molecular weight excluding hydrogens is 224 g/mol. The second kappa shape index (κ2) is 5.20. The third kappa shape index (κ3) is 2.87. The molecule has 1 heterocycles. The summed E-state index contributed by atoms with van der Waals surface area (Å²) < 4.78 is 0. The van der Waals surface area contributed by atoms with Crippen molar-refractivity contribution in [2.45, 2.75) is 64.0 Å². The summed E-state index contributed by atoms with van der Waals surface area (Å²) in [4.78, 5) is 12.4. The summed E-state index contributed by atoms with van der Waals surface area (Å²) in [5.41, 5.74) is 0. The van der Waals surface area contributed by atoms with Gasteiger partial charge in [0.1, 0.15) is 0 Å². The van der Waals surface area contributed by atoms with Gasteiger partial charge in [-0.3, -0.25) is 4.79 Å². The van der Waals surface area contributed by atoms with Crippen molar-refractivity contribution < 1.29 is 4.79 Å². The summed E-state index contributed by atoms with van der Waals surface area (Å²) in [5.74, 6) is 2.61. The molecular formula is C15H26N2O. The third-order valence-electron chi connectivity index (χ3n) is 4.97. The van der Waals surface area contributed by atoms with Gasteiger partial charge < -0.3 is 10.6 Å². The van der Waals surface area contributed by atoms with E-state index in [1.165, 1.54) is 38.5 Å². The highest BCUT2D eigenvalue weighted by molar-refractivity contribution is 5.82. The Hall–Kier alpha value is -0.570. The Morgan fingerprint density at radius 3 is 2.44 bits per heavy atom. The van der Waals surface area contributed by atoms with E-state index < -0.39 is 0 Å². The minimum absolute atomic E-state index is 0.0729. The first-order chi connectivity index (χ1) is 8.78. The minimum Gasteiger partial charge on any atom is -0.351 e. The van der Waals surface area contributed by atoms with Crippen LogP contribution in [0.3, 0.4) is 0 Å². The Balaban J connectivity index is 1.53. The summed E-state index contributed by atoms with van der Waals surface area (Å²) in [6.45, 7) is 3.25. The predicted octanol–water partition coefficient (Wildman–Crippen LogP) is 2.07. The lowest BCUT2D eigenvalue weighted by atomic mass is 9.90. The highest BCUT2D eigenvalue weighted by atomic mass is 16.2. The molecule has 3 aliphatic rings. The lowest BCUT2D eigenvalue weighted by molar-refractivity contribution is -0.125. The number of carbonyl (C=O) groups is 1. The second-order valence-electron chi connectivity index (χ2n) is 6.51. The van der Waals surface area contributed by atoms with Crippen molar-refractivity contribution in [1.82, 2.24) is 10.6 Å². The van der Waals surface area contributed by atoms with Crippen LogP contribution >= 0.6 is 0 Å².